The first-order valence-corrected chi connectivity index (χ1v) is 17.8. The molecule has 11 heteroatoms. The maximum atomic E-state index is 13.0. The average molecular weight is 659 g/mol. The van der Waals surface area contributed by atoms with Crippen molar-refractivity contribution in [3.8, 4) is 11.5 Å². The molecule has 0 spiro atoms. The Balaban J connectivity index is 1.14. The highest BCUT2D eigenvalue weighted by atomic mass is 32.2. The van der Waals surface area contributed by atoms with Gasteiger partial charge in [0, 0.05) is 6.42 Å². The van der Waals surface area contributed by atoms with E-state index in [0.717, 1.165) is 32.1 Å². The summed E-state index contributed by atoms with van der Waals surface area (Å²) in [6, 6.07) is 13.8. The fourth-order valence-corrected chi connectivity index (χ4v) is 9.79. The molecule has 3 aliphatic carbocycles. The molecule has 2 aromatic carbocycles. The van der Waals surface area contributed by atoms with Crippen molar-refractivity contribution in [2.75, 3.05) is 18.1 Å². The predicted octanol–water partition coefficient (Wildman–Crippen LogP) is 7.94. The highest BCUT2D eigenvalue weighted by Gasteiger charge is 2.58. The van der Waals surface area contributed by atoms with Gasteiger partial charge in [0.25, 0.3) is 0 Å². The van der Waals surface area contributed by atoms with Gasteiger partial charge in [-0.1, -0.05) is 25.1 Å². The van der Waals surface area contributed by atoms with Gasteiger partial charge in [0.15, 0.2) is 0 Å². The fraction of sp³-hybridized carbons (Fsp3) is 0.647. The van der Waals surface area contributed by atoms with E-state index in [1.54, 1.807) is 6.07 Å². The average Bonchev–Trinajstić information content (AvgIpc) is 3.27. The molecule has 0 aliphatic heterocycles. The normalized spacial score (nSPS) is 28.3. The lowest BCUT2D eigenvalue weighted by Gasteiger charge is -2.54. The van der Waals surface area contributed by atoms with E-state index in [0.29, 0.717) is 43.0 Å². The number of hydrogen-bond donors (Lipinski definition) is 2. The van der Waals surface area contributed by atoms with Crippen molar-refractivity contribution in [1.82, 2.24) is 0 Å². The maximum absolute atomic E-state index is 13.0. The number of alkyl halides is 5. The SMILES string of the molecule is C[C@]12CC(c3ccc(OCCCCCS(=O)(=O)CCCC(F)(F)C(F)(F)F)cc3)[C@@H]3c4ccc(O)cc4CC[C@H]3[C@@H]1CC[C@@H]2O. The molecular formula is C34H43F5O5S. The zero-order valence-electron chi connectivity index (χ0n) is 25.5. The third-order valence-corrected chi connectivity index (χ3v) is 12.5. The van der Waals surface area contributed by atoms with Crippen LogP contribution in [0.1, 0.15) is 93.2 Å². The minimum Gasteiger partial charge on any atom is -0.508 e. The van der Waals surface area contributed by atoms with E-state index in [1.165, 1.54) is 16.7 Å². The highest BCUT2D eigenvalue weighted by molar-refractivity contribution is 7.91. The largest absolute Gasteiger partial charge is 0.508 e. The summed E-state index contributed by atoms with van der Waals surface area (Å²) in [6.45, 7) is 2.61. The lowest BCUT2D eigenvalue weighted by Crippen LogP contribution is -2.47. The quantitative estimate of drug-likeness (QED) is 0.179. The second kappa shape index (κ2) is 13.0. The molecular weight excluding hydrogens is 615 g/mol. The van der Waals surface area contributed by atoms with E-state index in [-0.39, 0.29) is 35.4 Å². The minimum absolute atomic E-state index is 0.142. The Labute approximate surface area is 262 Å². The van der Waals surface area contributed by atoms with Crippen LogP contribution in [-0.2, 0) is 16.3 Å². The van der Waals surface area contributed by atoms with Gasteiger partial charge in [-0.05, 0) is 128 Å². The number of aliphatic hydroxyl groups is 1. The molecule has 2 N–H and O–H groups in total. The molecule has 5 nitrogen and oxygen atoms in total. The minimum atomic E-state index is -5.68. The van der Waals surface area contributed by atoms with Gasteiger partial charge in [0.05, 0.1) is 24.2 Å². The molecule has 0 amide bonds. The third kappa shape index (κ3) is 7.29. The number of sulfone groups is 1. The number of hydrogen-bond acceptors (Lipinski definition) is 5. The molecule has 0 bridgehead atoms. The summed E-state index contributed by atoms with van der Waals surface area (Å²) >= 11 is 0. The molecule has 250 valence electrons. The van der Waals surface area contributed by atoms with Crippen LogP contribution in [0.3, 0.4) is 0 Å². The monoisotopic (exact) mass is 658 g/mol. The van der Waals surface area contributed by atoms with Gasteiger partial charge in [-0.2, -0.15) is 22.0 Å². The van der Waals surface area contributed by atoms with E-state index in [4.69, 9.17) is 4.74 Å². The van der Waals surface area contributed by atoms with Crippen LogP contribution in [-0.4, -0.2) is 54.9 Å². The number of halogens is 5. The number of aromatic hydroxyl groups is 1. The van der Waals surface area contributed by atoms with Crippen LogP contribution in [0.5, 0.6) is 11.5 Å². The first kappa shape index (κ1) is 33.9. The standard InChI is InChI=1S/C34H43F5O5S/c1-32-21-28(31-26-13-9-24(40)20-23(26)8-12-27(31)29(32)14-15-30(32)41)22-6-10-25(11-7-22)44-17-3-2-4-18-45(42,43)19-5-16-33(35,36)34(37,38)39/h6-7,9-11,13,20,27-31,40-41H,2-5,8,12,14-19,21H2,1H3/t27-,28?,29-,30-,31+,32-/m0/s1. The van der Waals surface area contributed by atoms with Crippen molar-refractivity contribution in [2.24, 2.45) is 17.3 Å². The summed E-state index contributed by atoms with van der Waals surface area (Å²) in [4.78, 5) is 0. The lowest BCUT2D eigenvalue weighted by molar-refractivity contribution is -0.284. The maximum Gasteiger partial charge on any atom is 0.453 e. The fourth-order valence-electron chi connectivity index (χ4n) is 8.35. The van der Waals surface area contributed by atoms with E-state index in [2.05, 4.69) is 25.1 Å². The van der Waals surface area contributed by atoms with Crippen LogP contribution < -0.4 is 4.74 Å². The van der Waals surface area contributed by atoms with Crippen LogP contribution in [0.2, 0.25) is 0 Å². The van der Waals surface area contributed by atoms with Gasteiger partial charge in [0.2, 0.25) is 0 Å². The Morgan fingerprint density at radius 2 is 1.64 bits per heavy atom. The van der Waals surface area contributed by atoms with E-state index >= 15 is 0 Å². The highest BCUT2D eigenvalue weighted by Crippen LogP contribution is 2.65. The molecule has 0 saturated heterocycles. The summed E-state index contributed by atoms with van der Waals surface area (Å²) in [6.07, 6.45) is -2.19. The summed E-state index contributed by atoms with van der Waals surface area (Å²) < 4.78 is 92.8. The number of benzene rings is 2. The van der Waals surface area contributed by atoms with Gasteiger partial charge in [-0.3, -0.25) is 0 Å². The second-order valence-corrected chi connectivity index (χ2v) is 15.9. The molecule has 2 saturated carbocycles. The van der Waals surface area contributed by atoms with Crippen LogP contribution in [0.15, 0.2) is 42.5 Å². The zero-order valence-corrected chi connectivity index (χ0v) is 26.4. The number of ether oxygens (including phenoxy) is 1. The van der Waals surface area contributed by atoms with Gasteiger partial charge in [-0.25, -0.2) is 8.42 Å². The van der Waals surface area contributed by atoms with Crippen LogP contribution in [0.4, 0.5) is 22.0 Å². The first-order chi connectivity index (χ1) is 21.1. The Hall–Kier alpha value is -2.40. The van der Waals surface area contributed by atoms with E-state index < -0.39 is 40.5 Å². The Morgan fingerprint density at radius 1 is 0.933 bits per heavy atom. The van der Waals surface area contributed by atoms with Gasteiger partial charge in [0.1, 0.15) is 21.3 Å². The first-order valence-electron chi connectivity index (χ1n) is 16.0. The molecule has 3 aliphatic rings. The molecule has 1 unspecified atom stereocenters. The van der Waals surface area contributed by atoms with Crippen LogP contribution in [0, 0.1) is 17.3 Å². The van der Waals surface area contributed by atoms with Crippen molar-refractivity contribution in [3.05, 3.63) is 59.2 Å². The molecule has 0 radical (unpaired) electrons. The summed E-state index contributed by atoms with van der Waals surface area (Å²) in [5, 5.41) is 21.2. The smallest absolute Gasteiger partial charge is 0.453 e. The van der Waals surface area contributed by atoms with Gasteiger partial charge in [-0.15, -0.1) is 0 Å². The molecule has 2 fully saturated rings. The van der Waals surface area contributed by atoms with E-state index in [1.807, 2.05) is 18.2 Å². The number of fused-ring (bicyclic) bond motifs is 5. The summed E-state index contributed by atoms with van der Waals surface area (Å²) in [7, 11) is -3.72. The molecule has 0 aromatic heterocycles. The van der Waals surface area contributed by atoms with Gasteiger partial charge >= 0.3 is 12.1 Å². The number of phenolic OH excluding ortho intramolecular Hbond substituents is 1. The predicted molar refractivity (Wildman–Crippen MR) is 162 cm³/mol. The number of aliphatic hydroxyl groups excluding tert-OH is 1. The Bertz CT molecular complexity index is 1430. The molecule has 5 rings (SSSR count). The van der Waals surface area contributed by atoms with Crippen LogP contribution in [0.25, 0.3) is 0 Å². The molecule has 45 heavy (non-hydrogen) atoms. The number of unbranched alkanes of at least 4 members (excludes halogenated alkanes) is 2. The Morgan fingerprint density at radius 3 is 2.36 bits per heavy atom. The molecule has 6 atom stereocenters. The zero-order chi connectivity index (χ0) is 32.6. The third-order valence-electron chi connectivity index (χ3n) is 10.7. The van der Waals surface area contributed by atoms with Gasteiger partial charge < -0.3 is 14.9 Å². The van der Waals surface area contributed by atoms with Crippen molar-refractivity contribution in [2.45, 2.75) is 101 Å². The summed E-state index contributed by atoms with van der Waals surface area (Å²) in [5.41, 5.74) is 3.56. The number of rotatable bonds is 12. The van der Waals surface area contributed by atoms with E-state index in [9.17, 15) is 40.6 Å². The lowest BCUT2D eigenvalue weighted by atomic mass is 9.51. The number of phenols is 1. The Kier molecular flexibility index (Phi) is 9.81. The topological polar surface area (TPSA) is 83.8 Å². The second-order valence-electron chi connectivity index (χ2n) is 13.6. The van der Waals surface area contributed by atoms with Crippen molar-refractivity contribution < 1.29 is 45.3 Å². The van der Waals surface area contributed by atoms with Crippen LogP contribution >= 0.6 is 0 Å². The van der Waals surface area contributed by atoms with Crippen molar-refractivity contribution in [1.29, 1.82) is 0 Å². The molecule has 2 aromatic rings. The summed E-state index contributed by atoms with van der Waals surface area (Å²) in [5.74, 6) is -3.43. The number of aryl methyl sites for hydroxylation is 1. The van der Waals surface area contributed by atoms with Crippen molar-refractivity contribution in [3.63, 3.8) is 0 Å². The molecule has 0 heterocycles. The van der Waals surface area contributed by atoms with Crippen molar-refractivity contribution >= 4 is 9.84 Å².